The first kappa shape index (κ1) is 12.6. The van der Waals surface area contributed by atoms with Crippen molar-refractivity contribution in [2.75, 3.05) is 16.8 Å². The highest BCUT2D eigenvalue weighted by molar-refractivity contribution is 7.99. The SMILES string of the molecule is O=C(O)c1ccc(Cl)cc1NC1CCCSC1. The third-order valence-corrected chi connectivity index (χ3v) is 4.18. The van der Waals surface area contributed by atoms with Gasteiger partial charge in [0.05, 0.1) is 11.3 Å². The highest BCUT2D eigenvalue weighted by Crippen LogP contribution is 2.25. The maximum Gasteiger partial charge on any atom is 0.337 e. The molecule has 2 N–H and O–H groups in total. The Morgan fingerprint density at radius 3 is 3.00 bits per heavy atom. The third-order valence-electron chi connectivity index (χ3n) is 2.73. The lowest BCUT2D eigenvalue weighted by Gasteiger charge is -2.24. The topological polar surface area (TPSA) is 49.3 Å². The average molecular weight is 272 g/mol. The quantitative estimate of drug-likeness (QED) is 0.885. The van der Waals surface area contributed by atoms with Gasteiger partial charge in [-0.3, -0.25) is 0 Å². The van der Waals surface area contributed by atoms with Crippen LogP contribution < -0.4 is 5.32 Å². The van der Waals surface area contributed by atoms with Gasteiger partial charge in [0.2, 0.25) is 0 Å². The number of rotatable bonds is 3. The highest BCUT2D eigenvalue weighted by Gasteiger charge is 2.17. The van der Waals surface area contributed by atoms with Gasteiger partial charge in [0.15, 0.2) is 0 Å². The minimum absolute atomic E-state index is 0.282. The Balaban J connectivity index is 2.17. The van der Waals surface area contributed by atoms with Gasteiger partial charge in [0, 0.05) is 16.8 Å². The van der Waals surface area contributed by atoms with Crippen molar-refractivity contribution in [3.8, 4) is 0 Å². The molecule has 1 fully saturated rings. The summed E-state index contributed by atoms with van der Waals surface area (Å²) >= 11 is 7.80. The fourth-order valence-corrected chi connectivity index (χ4v) is 3.14. The first-order valence-electron chi connectivity index (χ1n) is 5.54. The molecule has 0 aromatic heterocycles. The zero-order valence-corrected chi connectivity index (χ0v) is 10.9. The van der Waals surface area contributed by atoms with E-state index < -0.39 is 5.97 Å². The second-order valence-electron chi connectivity index (χ2n) is 4.05. The molecule has 92 valence electrons. The minimum Gasteiger partial charge on any atom is -0.478 e. The number of anilines is 1. The summed E-state index contributed by atoms with van der Waals surface area (Å²) < 4.78 is 0. The lowest BCUT2D eigenvalue weighted by Crippen LogP contribution is -2.26. The normalized spacial score (nSPS) is 19.9. The van der Waals surface area contributed by atoms with Crippen molar-refractivity contribution in [3.05, 3.63) is 28.8 Å². The van der Waals surface area contributed by atoms with E-state index in [4.69, 9.17) is 16.7 Å². The molecule has 3 nitrogen and oxygen atoms in total. The summed E-state index contributed by atoms with van der Waals surface area (Å²) in [5.74, 6) is 1.29. The number of aromatic carboxylic acids is 1. The summed E-state index contributed by atoms with van der Waals surface area (Å²) in [7, 11) is 0. The Morgan fingerprint density at radius 1 is 1.53 bits per heavy atom. The van der Waals surface area contributed by atoms with Crippen LogP contribution >= 0.6 is 23.4 Å². The number of nitrogens with one attached hydrogen (secondary N) is 1. The molecule has 17 heavy (non-hydrogen) atoms. The zero-order valence-electron chi connectivity index (χ0n) is 9.28. The van der Waals surface area contributed by atoms with Gasteiger partial charge in [0.25, 0.3) is 0 Å². The van der Waals surface area contributed by atoms with Crippen LogP contribution in [0.5, 0.6) is 0 Å². The molecule has 0 saturated carbocycles. The van der Waals surface area contributed by atoms with Crippen LogP contribution in [0.3, 0.4) is 0 Å². The molecule has 0 spiro atoms. The Kier molecular flexibility index (Phi) is 4.18. The number of carboxylic acids is 1. The summed E-state index contributed by atoms with van der Waals surface area (Å²) in [6.45, 7) is 0. The molecular formula is C12H14ClNO2S. The minimum atomic E-state index is -0.923. The van der Waals surface area contributed by atoms with Crippen molar-refractivity contribution >= 4 is 35.0 Å². The van der Waals surface area contributed by atoms with E-state index in [0.29, 0.717) is 16.8 Å². The van der Waals surface area contributed by atoms with Crippen molar-refractivity contribution in [2.45, 2.75) is 18.9 Å². The first-order chi connectivity index (χ1) is 8.16. The predicted molar refractivity (Wildman–Crippen MR) is 72.4 cm³/mol. The summed E-state index contributed by atoms with van der Waals surface area (Å²) in [5, 5.41) is 12.9. The standard InChI is InChI=1S/C12H14ClNO2S/c13-8-3-4-10(12(15)16)11(6-8)14-9-2-1-5-17-7-9/h3-4,6,9,14H,1-2,5,7H2,(H,15,16). The predicted octanol–water partition coefficient (Wildman–Crippen LogP) is 3.35. The van der Waals surface area contributed by atoms with Crippen molar-refractivity contribution in [1.82, 2.24) is 0 Å². The van der Waals surface area contributed by atoms with E-state index >= 15 is 0 Å². The Morgan fingerprint density at radius 2 is 2.35 bits per heavy atom. The largest absolute Gasteiger partial charge is 0.478 e. The molecule has 1 unspecified atom stereocenters. The fraction of sp³-hybridized carbons (Fsp3) is 0.417. The van der Waals surface area contributed by atoms with E-state index in [-0.39, 0.29) is 5.56 Å². The Bertz CT molecular complexity index is 419. The maximum absolute atomic E-state index is 11.1. The van der Waals surface area contributed by atoms with Crippen LogP contribution in [0.1, 0.15) is 23.2 Å². The first-order valence-corrected chi connectivity index (χ1v) is 7.07. The van der Waals surface area contributed by atoms with Gasteiger partial charge in [-0.25, -0.2) is 4.79 Å². The van der Waals surface area contributed by atoms with Gasteiger partial charge in [0.1, 0.15) is 0 Å². The van der Waals surface area contributed by atoms with Gasteiger partial charge in [-0.2, -0.15) is 11.8 Å². The summed E-state index contributed by atoms with van der Waals surface area (Å²) in [5.41, 5.74) is 0.905. The van der Waals surface area contributed by atoms with Crippen LogP contribution in [0.4, 0.5) is 5.69 Å². The summed E-state index contributed by atoms with van der Waals surface area (Å²) in [6.07, 6.45) is 2.25. The monoisotopic (exact) mass is 271 g/mol. The van der Waals surface area contributed by atoms with Crippen molar-refractivity contribution in [1.29, 1.82) is 0 Å². The van der Waals surface area contributed by atoms with E-state index in [9.17, 15) is 4.79 Å². The smallest absolute Gasteiger partial charge is 0.337 e. The number of carboxylic acid groups (broad SMARTS) is 1. The van der Waals surface area contributed by atoms with Crippen LogP contribution in [0.25, 0.3) is 0 Å². The number of hydrogen-bond donors (Lipinski definition) is 2. The molecule has 1 saturated heterocycles. The molecule has 5 heteroatoms. The number of thioether (sulfide) groups is 1. The number of hydrogen-bond acceptors (Lipinski definition) is 3. The summed E-state index contributed by atoms with van der Waals surface area (Å²) in [4.78, 5) is 11.1. The van der Waals surface area contributed by atoms with Crippen LogP contribution in [-0.2, 0) is 0 Å². The van der Waals surface area contributed by atoms with E-state index in [2.05, 4.69) is 5.32 Å². The number of halogens is 1. The van der Waals surface area contributed by atoms with Crippen LogP contribution in [-0.4, -0.2) is 28.6 Å². The van der Waals surface area contributed by atoms with Crippen LogP contribution in [0.15, 0.2) is 18.2 Å². The van der Waals surface area contributed by atoms with Gasteiger partial charge >= 0.3 is 5.97 Å². The number of benzene rings is 1. The molecule has 1 aliphatic rings. The second-order valence-corrected chi connectivity index (χ2v) is 5.64. The van der Waals surface area contributed by atoms with Crippen molar-refractivity contribution < 1.29 is 9.90 Å². The third kappa shape index (κ3) is 3.30. The zero-order chi connectivity index (χ0) is 12.3. The number of carbonyl (C=O) groups is 1. The van der Waals surface area contributed by atoms with Gasteiger partial charge in [-0.15, -0.1) is 0 Å². The molecule has 0 aliphatic carbocycles. The van der Waals surface area contributed by atoms with Crippen LogP contribution in [0.2, 0.25) is 5.02 Å². The van der Waals surface area contributed by atoms with Crippen LogP contribution in [0, 0.1) is 0 Å². The van der Waals surface area contributed by atoms with Gasteiger partial charge in [-0.1, -0.05) is 11.6 Å². The molecule has 1 atom stereocenters. The molecular weight excluding hydrogens is 258 g/mol. The molecule has 2 rings (SSSR count). The Hall–Kier alpha value is -0.870. The lowest BCUT2D eigenvalue weighted by molar-refractivity contribution is 0.0698. The molecule has 0 radical (unpaired) electrons. The van der Waals surface area contributed by atoms with E-state index in [0.717, 1.165) is 12.2 Å². The Labute approximate surface area is 110 Å². The molecule has 1 aromatic carbocycles. The molecule has 1 aliphatic heterocycles. The molecule has 1 heterocycles. The molecule has 1 aromatic rings. The van der Waals surface area contributed by atoms with Crippen molar-refractivity contribution in [2.24, 2.45) is 0 Å². The van der Waals surface area contributed by atoms with Crippen molar-refractivity contribution in [3.63, 3.8) is 0 Å². The second kappa shape index (κ2) is 5.65. The van der Waals surface area contributed by atoms with E-state index in [1.165, 1.54) is 12.2 Å². The van der Waals surface area contributed by atoms with E-state index in [1.807, 2.05) is 11.8 Å². The lowest BCUT2D eigenvalue weighted by atomic mass is 10.1. The summed E-state index contributed by atoms with van der Waals surface area (Å²) in [6, 6.07) is 5.17. The highest BCUT2D eigenvalue weighted by atomic mass is 35.5. The average Bonchev–Trinajstić information content (AvgIpc) is 2.30. The fourth-order valence-electron chi connectivity index (χ4n) is 1.90. The maximum atomic E-state index is 11.1. The molecule has 0 amide bonds. The van der Waals surface area contributed by atoms with E-state index in [1.54, 1.807) is 18.2 Å². The van der Waals surface area contributed by atoms with Gasteiger partial charge in [-0.05, 0) is 36.8 Å². The molecule has 0 bridgehead atoms. The van der Waals surface area contributed by atoms with Gasteiger partial charge < -0.3 is 10.4 Å².